The van der Waals surface area contributed by atoms with Gasteiger partial charge in [-0.05, 0) is 66.7 Å². The number of aromatic nitrogens is 2. The maximum Gasteiger partial charge on any atom is 0.227 e. The fourth-order valence-electron chi connectivity index (χ4n) is 4.96. The SMILES string of the molecule is c1ccc2c(c1)Sc1ccccc1N2c1cc(-c2nc3ccccc3o2)cc(-c2nc3ccccc3o2)c1. The highest BCUT2D eigenvalue weighted by molar-refractivity contribution is 7.99. The van der Waals surface area contributed by atoms with Gasteiger partial charge in [0.15, 0.2) is 11.2 Å². The van der Waals surface area contributed by atoms with Gasteiger partial charge < -0.3 is 13.7 Å². The zero-order valence-electron chi connectivity index (χ0n) is 20.0. The molecule has 0 N–H and O–H groups in total. The van der Waals surface area contributed by atoms with E-state index in [4.69, 9.17) is 18.8 Å². The second kappa shape index (κ2) is 8.36. The maximum atomic E-state index is 6.20. The molecule has 1 aliphatic rings. The molecule has 0 spiro atoms. The number of anilines is 3. The lowest BCUT2D eigenvalue weighted by molar-refractivity contribution is 0.617. The van der Waals surface area contributed by atoms with E-state index in [1.54, 1.807) is 11.8 Å². The number of oxazole rings is 2. The van der Waals surface area contributed by atoms with Gasteiger partial charge in [-0.3, -0.25) is 0 Å². The number of fused-ring (bicyclic) bond motifs is 4. The van der Waals surface area contributed by atoms with Crippen LogP contribution in [0.3, 0.4) is 0 Å². The zero-order chi connectivity index (χ0) is 25.1. The van der Waals surface area contributed by atoms with Crippen molar-refractivity contribution in [1.29, 1.82) is 0 Å². The highest BCUT2D eigenvalue weighted by Crippen LogP contribution is 2.52. The van der Waals surface area contributed by atoms with Crippen molar-refractivity contribution in [3.63, 3.8) is 0 Å². The van der Waals surface area contributed by atoms with Crippen molar-refractivity contribution in [3.8, 4) is 22.9 Å². The van der Waals surface area contributed by atoms with Crippen molar-refractivity contribution >= 4 is 51.0 Å². The Kier molecular flexibility index (Phi) is 4.69. The van der Waals surface area contributed by atoms with Gasteiger partial charge in [-0.15, -0.1) is 0 Å². The van der Waals surface area contributed by atoms with E-state index in [0.717, 1.165) is 50.4 Å². The van der Waals surface area contributed by atoms with Gasteiger partial charge in [-0.2, -0.15) is 0 Å². The molecule has 0 radical (unpaired) electrons. The van der Waals surface area contributed by atoms with E-state index < -0.39 is 0 Å². The monoisotopic (exact) mass is 509 g/mol. The number of rotatable bonds is 3. The molecule has 38 heavy (non-hydrogen) atoms. The molecule has 0 unspecified atom stereocenters. The molecule has 3 heterocycles. The first-order valence-electron chi connectivity index (χ1n) is 12.3. The summed E-state index contributed by atoms with van der Waals surface area (Å²) in [7, 11) is 0. The Balaban J connectivity index is 1.39. The van der Waals surface area contributed by atoms with Crippen molar-refractivity contribution in [2.75, 3.05) is 4.90 Å². The van der Waals surface area contributed by atoms with Crippen molar-refractivity contribution in [1.82, 2.24) is 9.97 Å². The van der Waals surface area contributed by atoms with E-state index in [-0.39, 0.29) is 0 Å². The molecule has 0 amide bonds. The lowest BCUT2D eigenvalue weighted by Crippen LogP contribution is -2.14. The van der Waals surface area contributed by atoms with Gasteiger partial charge in [-0.1, -0.05) is 60.3 Å². The summed E-state index contributed by atoms with van der Waals surface area (Å²) < 4.78 is 12.4. The van der Waals surface area contributed by atoms with E-state index in [1.807, 2.05) is 54.6 Å². The average molecular weight is 510 g/mol. The van der Waals surface area contributed by atoms with Gasteiger partial charge in [0.25, 0.3) is 0 Å². The van der Waals surface area contributed by atoms with Crippen LogP contribution in [-0.2, 0) is 0 Å². The Morgan fingerprint density at radius 2 is 1.00 bits per heavy atom. The standard InChI is InChI=1S/C32H19N3O2S/c1-5-13-27-23(9-1)33-31(36-27)20-17-21(32-34-24-10-2-6-14-28(24)37-32)19-22(18-20)35-25-11-3-7-15-29(25)38-30-16-8-4-12-26(30)35/h1-19H. The quantitative estimate of drug-likeness (QED) is 0.237. The van der Waals surface area contributed by atoms with Crippen molar-refractivity contribution < 1.29 is 8.83 Å². The first-order valence-corrected chi connectivity index (χ1v) is 13.1. The van der Waals surface area contributed by atoms with Crippen LogP contribution in [0.5, 0.6) is 0 Å². The predicted octanol–water partition coefficient (Wildman–Crippen LogP) is 9.24. The lowest BCUT2D eigenvalue weighted by Gasteiger charge is -2.33. The number of para-hydroxylation sites is 6. The average Bonchev–Trinajstić information content (AvgIpc) is 3.60. The number of benzene rings is 5. The second-order valence-corrected chi connectivity index (χ2v) is 10.2. The van der Waals surface area contributed by atoms with E-state index >= 15 is 0 Å². The van der Waals surface area contributed by atoms with Crippen molar-refractivity contribution in [2.45, 2.75) is 9.79 Å². The summed E-state index contributed by atoms with van der Waals surface area (Å²) in [5, 5.41) is 0. The van der Waals surface area contributed by atoms with Gasteiger partial charge in [0.05, 0.1) is 11.4 Å². The minimum absolute atomic E-state index is 0.554. The summed E-state index contributed by atoms with van der Waals surface area (Å²) in [5.41, 5.74) is 8.06. The van der Waals surface area contributed by atoms with Gasteiger partial charge in [0.1, 0.15) is 11.0 Å². The number of hydrogen-bond donors (Lipinski definition) is 0. The minimum Gasteiger partial charge on any atom is -0.436 e. The second-order valence-electron chi connectivity index (χ2n) is 9.11. The van der Waals surface area contributed by atoms with Crippen LogP contribution in [0.25, 0.3) is 45.1 Å². The summed E-state index contributed by atoms with van der Waals surface area (Å²) in [6.45, 7) is 0. The topological polar surface area (TPSA) is 55.3 Å². The first kappa shape index (κ1) is 21.3. The van der Waals surface area contributed by atoms with E-state index in [9.17, 15) is 0 Å². The summed E-state index contributed by atoms with van der Waals surface area (Å²) in [4.78, 5) is 14.3. The van der Waals surface area contributed by atoms with Gasteiger partial charge >= 0.3 is 0 Å². The van der Waals surface area contributed by atoms with Crippen LogP contribution in [0.4, 0.5) is 17.1 Å². The van der Waals surface area contributed by atoms with E-state index in [2.05, 4.69) is 65.6 Å². The molecule has 8 rings (SSSR count). The Bertz CT molecular complexity index is 1790. The number of hydrogen-bond acceptors (Lipinski definition) is 6. The minimum atomic E-state index is 0.554. The smallest absolute Gasteiger partial charge is 0.227 e. The van der Waals surface area contributed by atoms with Gasteiger partial charge in [-0.25, -0.2) is 9.97 Å². The molecule has 5 aromatic carbocycles. The first-order chi connectivity index (χ1) is 18.8. The largest absolute Gasteiger partial charge is 0.436 e. The Morgan fingerprint density at radius 3 is 1.53 bits per heavy atom. The van der Waals surface area contributed by atoms with Crippen molar-refractivity contribution in [2.24, 2.45) is 0 Å². The van der Waals surface area contributed by atoms with Crippen LogP contribution in [0.15, 0.2) is 134 Å². The van der Waals surface area contributed by atoms with Crippen molar-refractivity contribution in [3.05, 3.63) is 115 Å². The highest BCUT2D eigenvalue weighted by Gasteiger charge is 2.26. The maximum absolute atomic E-state index is 6.20. The molecule has 0 saturated carbocycles. The van der Waals surface area contributed by atoms with Crippen LogP contribution < -0.4 is 4.90 Å². The third kappa shape index (κ3) is 3.42. The summed E-state index contributed by atoms with van der Waals surface area (Å²) in [6.07, 6.45) is 0. The van der Waals surface area contributed by atoms with E-state index in [1.165, 1.54) is 9.79 Å². The fourth-order valence-corrected chi connectivity index (χ4v) is 6.02. The third-order valence-corrected chi connectivity index (χ3v) is 7.82. The molecular formula is C32H19N3O2S. The molecule has 0 aliphatic carbocycles. The van der Waals surface area contributed by atoms with Crippen LogP contribution in [0, 0.1) is 0 Å². The van der Waals surface area contributed by atoms with E-state index in [0.29, 0.717) is 11.8 Å². The molecule has 6 heteroatoms. The molecule has 7 aromatic rings. The Hall–Kier alpha value is -4.81. The highest BCUT2D eigenvalue weighted by atomic mass is 32.2. The zero-order valence-corrected chi connectivity index (χ0v) is 20.9. The summed E-state index contributed by atoms with van der Waals surface area (Å²) in [6, 6.07) is 38.9. The summed E-state index contributed by atoms with van der Waals surface area (Å²) in [5.74, 6) is 1.11. The molecule has 0 fully saturated rings. The lowest BCUT2D eigenvalue weighted by atomic mass is 10.1. The summed E-state index contributed by atoms with van der Waals surface area (Å²) >= 11 is 1.78. The van der Waals surface area contributed by atoms with Gasteiger partial charge in [0, 0.05) is 26.6 Å². The molecule has 5 nitrogen and oxygen atoms in total. The molecule has 2 aromatic heterocycles. The van der Waals surface area contributed by atoms with Crippen LogP contribution >= 0.6 is 11.8 Å². The Morgan fingerprint density at radius 1 is 0.526 bits per heavy atom. The molecule has 0 saturated heterocycles. The molecule has 1 aliphatic heterocycles. The molecule has 0 bridgehead atoms. The molecular weight excluding hydrogens is 490 g/mol. The third-order valence-electron chi connectivity index (χ3n) is 6.69. The van der Waals surface area contributed by atoms with Crippen LogP contribution in [0.1, 0.15) is 0 Å². The number of nitrogens with zero attached hydrogens (tertiary/aromatic N) is 3. The van der Waals surface area contributed by atoms with Gasteiger partial charge in [0.2, 0.25) is 11.8 Å². The Labute approximate surface area is 222 Å². The van der Waals surface area contributed by atoms with Crippen LogP contribution in [-0.4, -0.2) is 9.97 Å². The fraction of sp³-hybridized carbons (Fsp3) is 0. The normalized spacial score (nSPS) is 12.6. The molecule has 180 valence electrons. The molecule has 0 atom stereocenters. The van der Waals surface area contributed by atoms with Crippen LogP contribution in [0.2, 0.25) is 0 Å². The predicted molar refractivity (Wildman–Crippen MR) is 151 cm³/mol.